The molecule has 0 spiro atoms. The van der Waals surface area contributed by atoms with Crippen molar-refractivity contribution in [2.75, 3.05) is 7.11 Å². The summed E-state index contributed by atoms with van der Waals surface area (Å²) in [6.07, 6.45) is 0. The minimum atomic E-state index is -2.54. The van der Waals surface area contributed by atoms with Gasteiger partial charge in [-0.3, -0.25) is 0 Å². The molecule has 0 fully saturated rings. The Kier molecular flexibility index (Phi) is 3.39. The lowest BCUT2D eigenvalue weighted by atomic mass is 10.00. The largest absolute Gasteiger partial charge is 0.496 e. The molecule has 0 heterocycles. The maximum absolute atomic E-state index is 11.1. The molecular weight excluding hydrogens is 212 g/mol. The average Bonchev–Trinajstić information content (AvgIpc) is 2.16. The summed E-state index contributed by atoms with van der Waals surface area (Å²) in [5.41, 5.74) is 3.36. The maximum atomic E-state index is 11.1. The Labute approximate surface area is 92.0 Å². The van der Waals surface area contributed by atoms with E-state index in [1.54, 1.807) is 7.11 Å². The van der Waals surface area contributed by atoms with E-state index in [0.29, 0.717) is 4.90 Å². The SMILES string of the molecule is COc1c(C)c(C)c([SH](=O)=O)c(C)c1C. The van der Waals surface area contributed by atoms with Gasteiger partial charge in [-0.1, -0.05) is 0 Å². The Morgan fingerprint density at radius 3 is 1.53 bits per heavy atom. The molecule has 0 aliphatic carbocycles. The molecule has 84 valence electrons. The lowest BCUT2D eigenvalue weighted by Crippen LogP contribution is -2.02. The Bertz CT molecular complexity index is 436. The van der Waals surface area contributed by atoms with Crippen molar-refractivity contribution in [2.24, 2.45) is 0 Å². The summed E-state index contributed by atoms with van der Waals surface area (Å²) in [6, 6.07) is 0. The maximum Gasteiger partial charge on any atom is 0.168 e. The summed E-state index contributed by atoms with van der Waals surface area (Å²) in [5.74, 6) is 0.783. The van der Waals surface area contributed by atoms with E-state index in [1.807, 2.05) is 27.7 Å². The van der Waals surface area contributed by atoms with Crippen molar-refractivity contribution in [1.29, 1.82) is 0 Å². The van der Waals surface area contributed by atoms with Crippen LogP contribution in [-0.2, 0) is 10.7 Å². The third kappa shape index (κ3) is 1.86. The van der Waals surface area contributed by atoms with Crippen LogP contribution in [0.1, 0.15) is 22.3 Å². The molecule has 0 aliphatic rings. The standard InChI is InChI=1S/C11H16O3S/c1-6-8(3)11(15(12)13)9(4)7(2)10(6)14-5/h15H,1-5H3. The van der Waals surface area contributed by atoms with E-state index in [9.17, 15) is 8.42 Å². The molecule has 0 aromatic heterocycles. The van der Waals surface area contributed by atoms with Crippen LogP contribution >= 0.6 is 0 Å². The number of ether oxygens (including phenoxy) is 1. The molecular formula is C11H16O3S. The van der Waals surface area contributed by atoms with Crippen LogP contribution in [0.3, 0.4) is 0 Å². The predicted octanol–water partition coefficient (Wildman–Crippen LogP) is 1.90. The van der Waals surface area contributed by atoms with Crippen molar-refractivity contribution in [1.82, 2.24) is 0 Å². The van der Waals surface area contributed by atoms with Crippen LogP contribution in [0.4, 0.5) is 0 Å². The number of rotatable bonds is 2. The molecule has 1 rings (SSSR count). The van der Waals surface area contributed by atoms with Gasteiger partial charge in [0, 0.05) is 0 Å². The quantitative estimate of drug-likeness (QED) is 0.786. The van der Waals surface area contributed by atoms with E-state index in [4.69, 9.17) is 4.74 Å². The predicted molar refractivity (Wildman–Crippen MR) is 60.5 cm³/mol. The van der Waals surface area contributed by atoms with Crippen molar-refractivity contribution in [3.8, 4) is 5.75 Å². The zero-order chi connectivity index (χ0) is 11.7. The van der Waals surface area contributed by atoms with Crippen molar-refractivity contribution in [3.05, 3.63) is 22.3 Å². The topological polar surface area (TPSA) is 43.4 Å². The number of hydrogen-bond donors (Lipinski definition) is 1. The van der Waals surface area contributed by atoms with E-state index >= 15 is 0 Å². The van der Waals surface area contributed by atoms with Crippen molar-refractivity contribution < 1.29 is 13.2 Å². The first-order valence-electron chi connectivity index (χ1n) is 4.70. The third-order valence-corrected chi connectivity index (χ3v) is 3.94. The number of benzene rings is 1. The average molecular weight is 228 g/mol. The summed E-state index contributed by atoms with van der Waals surface area (Å²) in [6.45, 7) is 7.38. The lowest BCUT2D eigenvalue weighted by Gasteiger charge is -2.16. The minimum absolute atomic E-state index is 0.431. The van der Waals surface area contributed by atoms with Crippen LogP contribution < -0.4 is 4.74 Å². The van der Waals surface area contributed by atoms with E-state index in [0.717, 1.165) is 28.0 Å². The molecule has 0 bridgehead atoms. The van der Waals surface area contributed by atoms with E-state index in [2.05, 4.69) is 0 Å². The second kappa shape index (κ2) is 4.23. The van der Waals surface area contributed by atoms with Crippen molar-refractivity contribution >= 4 is 10.7 Å². The second-order valence-electron chi connectivity index (χ2n) is 3.64. The normalized spacial score (nSPS) is 10.8. The Morgan fingerprint density at radius 2 is 1.27 bits per heavy atom. The van der Waals surface area contributed by atoms with E-state index in [1.165, 1.54) is 0 Å². The molecule has 0 amide bonds. The minimum Gasteiger partial charge on any atom is -0.496 e. The lowest BCUT2D eigenvalue weighted by molar-refractivity contribution is 0.407. The molecule has 4 heteroatoms. The molecule has 1 aromatic carbocycles. The molecule has 1 aromatic rings. The van der Waals surface area contributed by atoms with Gasteiger partial charge in [-0.25, -0.2) is 8.42 Å². The summed E-state index contributed by atoms with van der Waals surface area (Å²) >= 11 is 0. The smallest absolute Gasteiger partial charge is 0.168 e. The van der Waals surface area contributed by atoms with Gasteiger partial charge in [0.05, 0.1) is 12.0 Å². The van der Waals surface area contributed by atoms with E-state index < -0.39 is 10.7 Å². The van der Waals surface area contributed by atoms with Gasteiger partial charge in [-0.05, 0) is 49.9 Å². The highest BCUT2D eigenvalue weighted by Crippen LogP contribution is 2.32. The fourth-order valence-corrected chi connectivity index (χ4v) is 2.72. The van der Waals surface area contributed by atoms with Crippen LogP contribution in [-0.4, -0.2) is 15.5 Å². The molecule has 3 nitrogen and oxygen atoms in total. The first kappa shape index (κ1) is 12.0. The zero-order valence-electron chi connectivity index (χ0n) is 9.67. The molecule has 0 N–H and O–H groups in total. The molecule has 0 saturated heterocycles. The van der Waals surface area contributed by atoms with Gasteiger partial charge in [0.2, 0.25) is 0 Å². The van der Waals surface area contributed by atoms with Gasteiger partial charge in [-0.2, -0.15) is 0 Å². The number of thiol groups is 1. The van der Waals surface area contributed by atoms with Gasteiger partial charge in [0.15, 0.2) is 10.7 Å². The molecule has 0 saturated carbocycles. The fourth-order valence-electron chi connectivity index (χ4n) is 1.84. The molecule has 0 atom stereocenters. The van der Waals surface area contributed by atoms with Crippen molar-refractivity contribution in [2.45, 2.75) is 32.6 Å². The van der Waals surface area contributed by atoms with Gasteiger partial charge in [-0.15, -0.1) is 0 Å². The summed E-state index contributed by atoms with van der Waals surface area (Å²) in [5, 5.41) is 0. The van der Waals surface area contributed by atoms with Crippen LogP contribution in [0, 0.1) is 27.7 Å². The van der Waals surface area contributed by atoms with Crippen LogP contribution in [0.15, 0.2) is 4.90 Å². The van der Waals surface area contributed by atoms with Gasteiger partial charge in [0.1, 0.15) is 5.75 Å². The highest BCUT2D eigenvalue weighted by Gasteiger charge is 2.16. The molecule has 0 aliphatic heterocycles. The summed E-state index contributed by atoms with van der Waals surface area (Å²) < 4.78 is 27.6. The molecule has 0 radical (unpaired) electrons. The number of hydrogen-bond acceptors (Lipinski definition) is 3. The van der Waals surface area contributed by atoms with Crippen molar-refractivity contribution in [3.63, 3.8) is 0 Å². The highest BCUT2D eigenvalue weighted by atomic mass is 32.2. The van der Waals surface area contributed by atoms with Gasteiger partial charge in [0.25, 0.3) is 0 Å². The number of methoxy groups -OCH3 is 1. The van der Waals surface area contributed by atoms with Crippen LogP contribution in [0.2, 0.25) is 0 Å². The molecule has 0 unspecified atom stereocenters. The zero-order valence-corrected chi connectivity index (χ0v) is 10.6. The third-order valence-electron chi connectivity index (χ3n) is 2.90. The van der Waals surface area contributed by atoms with Crippen LogP contribution in [0.25, 0.3) is 0 Å². The fraction of sp³-hybridized carbons (Fsp3) is 0.455. The first-order chi connectivity index (χ1) is 6.91. The summed E-state index contributed by atoms with van der Waals surface area (Å²) in [4.78, 5) is 0.431. The monoisotopic (exact) mass is 228 g/mol. The summed E-state index contributed by atoms with van der Waals surface area (Å²) in [7, 11) is -0.940. The van der Waals surface area contributed by atoms with Gasteiger partial charge >= 0.3 is 0 Å². The Balaban J connectivity index is 3.74. The van der Waals surface area contributed by atoms with E-state index in [-0.39, 0.29) is 0 Å². The van der Waals surface area contributed by atoms with Crippen LogP contribution in [0.5, 0.6) is 5.75 Å². The second-order valence-corrected chi connectivity index (χ2v) is 4.60. The highest BCUT2D eigenvalue weighted by molar-refractivity contribution is 7.72. The first-order valence-corrected chi connectivity index (χ1v) is 5.88. The van der Waals surface area contributed by atoms with Gasteiger partial charge < -0.3 is 4.74 Å². The Hall–Kier alpha value is -1.03. The molecule has 15 heavy (non-hydrogen) atoms. The Morgan fingerprint density at radius 1 is 0.867 bits per heavy atom.